The minimum atomic E-state index is -0.966. The van der Waals surface area contributed by atoms with Crippen molar-refractivity contribution in [1.82, 2.24) is 9.55 Å². The second-order valence-electron chi connectivity index (χ2n) is 4.03. The lowest BCUT2D eigenvalue weighted by Gasteiger charge is -2.09. The van der Waals surface area contributed by atoms with Crippen LogP contribution in [0.25, 0.3) is 11.0 Å². The number of fused-ring (bicyclic) bond motifs is 1. The van der Waals surface area contributed by atoms with Crippen LogP contribution in [-0.2, 0) is 11.3 Å². The van der Waals surface area contributed by atoms with Crippen molar-refractivity contribution < 1.29 is 9.90 Å². The number of carbonyl (C=O) groups is 1. The quantitative estimate of drug-likeness (QED) is 0.830. The Balaban J connectivity index is 2.23. The van der Waals surface area contributed by atoms with E-state index in [0.29, 0.717) is 13.0 Å². The van der Waals surface area contributed by atoms with Crippen LogP contribution in [0, 0.1) is 6.92 Å². The average Bonchev–Trinajstić information content (AvgIpc) is 2.61. The van der Waals surface area contributed by atoms with E-state index in [1.165, 1.54) is 0 Å². The number of para-hydroxylation sites is 2. The van der Waals surface area contributed by atoms with Gasteiger partial charge in [-0.1, -0.05) is 12.1 Å². The highest BCUT2D eigenvalue weighted by Crippen LogP contribution is 2.15. The van der Waals surface area contributed by atoms with Gasteiger partial charge in [0.25, 0.3) is 0 Å². The number of hydrogen-bond donors (Lipinski definition) is 2. The Hall–Kier alpha value is -1.88. The van der Waals surface area contributed by atoms with Crippen LogP contribution in [0.1, 0.15) is 12.2 Å². The van der Waals surface area contributed by atoms with Crippen molar-refractivity contribution in [2.75, 3.05) is 0 Å². The fourth-order valence-electron chi connectivity index (χ4n) is 1.87. The molecule has 1 heterocycles. The van der Waals surface area contributed by atoms with Crippen LogP contribution >= 0.6 is 0 Å². The molecule has 2 rings (SSSR count). The summed E-state index contributed by atoms with van der Waals surface area (Å²) < 4.78 is 2.00. The second-order valence-corrected chi connectivity index (χ2v) is 4.03. The molecular formula is C12H15N3O2. The van der Waals surface area contributed by atoms with Gasteiger partial charge in [0.2, 0.25) is 0 Å². The summed E-state index contributed by atoms with van der Waals surface area (Å²) in [6, 6.07) is 6.96. The molecule has 0 radical (unpaired) electrons. The fourth-order valence-corrected chi connectivity index (χ4v) is 1.87. The van der Waals surface area contributed by atoms with Gasteiger partial charge in [-0.25, -0.2) is 4.98 Å². The van der Waals surface area contributed by atoms with Crippen molar-refractivity contribution in [2.24, 2.45) is 5.73 Å². The maximum atomic E-state index is 10.7. The third kappa shape index (κ3) is 2.29. The van der Waals surface area contributed by atoms with E-state index in [1.54, 1.807) is 0 Å². The molecule has 5 nitrogen and oxygen atoms in total. The van der Waals surface area contributed by atoms with Gasteiger partial charge in [-0.2, -0.15) is 0 Å². The van der Waals surface area contributed by atoms with E-state index >= 15 is 0 Å². The van der Waals surface area contributed by atoms with Crippen molar-refractivity contribution in [3.05, 3.63) is 30.1 Å². The predicted octanol–water partition coefficient (Wildman–Crippen LogP) is 1.15. The van der Waals surface area contributed by atoms with Crippen LogP contribution in [0.2, 0.25) is 0 Å². The number of benzene rings is 1. The number of rotatable bonds is 4. The fraction of sp³-hybridized carbons (Fsp3) is 0.333. The van der Waals surface area contributed by atoms with Gasteiger partial charge >= 0.3 is 5.97 Å². The zero-order valence-corrected chi connectivity index (χ0v) is 9.63. The molecule has 1 aromatic carbocycles. The first-order valence-corrected chi connectivity index (χ1v) is 5.50. The largest absolute Gasteiger partial charge is 0.480 e. The third-order valence-electron chi connectivity index (χ3n) is 2.83. The molecule has 3 N–H and O–H groups in total. The van der Waals surface area contributed by atoms with E-state index < -0.39 is 12.0 Å². The summed E-state index contributed by atoms with van der Waals surface area (Å²) in [5.74, 6) is -0.0872. The Kier molecular flexibility index (Phi) is 3.10. The van der Waals surface area contributed by atoms with Crippen LogP contribution in [0.4, 0.5) is 0 Å². The average molecular weight is 233 g/mol. The summed E-state index contributed by atoms with van der Waals surface area (Å²) in [5.41, 5.74) is 7.44. The summed E-state index contributed by atoms with van der Waals surface area (Å²) in [6.45, 7) is 2.48. The molecule has 0 spiro atoms. The number of aryl methyl sites for hydroxylation is 2. The Morgan fingerprint density at radius 3 is 2.94 bits per heavy atom. The molecule has 5 heteroatoms. The SMILES string of the molecule is Cc1nc2ccccc2n1CCC(N)C(=O)O. The highest BCUT2D eigenvalue weighted by Gasteiger charge is 2.13. The topological polar surface area (TPSA) is 81.1 Å². The predicted molar refractivity (Wildman–Crippen MR) is 64.7 cm³/mol. The van der Waals surface area contributed by atoms with Gasteiger partial charge < -0.3 is 15.4 Å². The number of nitrogens with zero attached hydrogens (tertiary/aromatic N) is 2. The Labute approximate surface area is 98.9 Å². The number of hydrogen-bond acceptors (Lipinski definition) is 3. The molecule has 1 unspecified atom stereocenters. The molecule has 0 saturated heterocycles. The number of nitrogens with two attached hydrogens (primary N) is 1. The maximum absolute atomic E-state index is 10.7. The summed E-state index contributed by atoms with van der Waals surface area (Å²) in [5, 5.41) is 8.74. The van der Waals surface area contributed by atoms with Gasteiger partial charge in [0.1, 0.15) is 11.9 Å². The van der Waals surface area contributed by atoms with Gasteiger partial charge in [0.15, 0.2) is 0 Å². The highest BCUT2D eigenvalue weighted by molar-refractivity contribution is 5.76. The maximum Gasteiger partial charge on any atom is 0.320 e. The summed E-state index contributed by atoms with van der Waals surface area (Å²) in [6.07, 6.45) is 0.399. The van der Waals surface area contributed by atoms with Crippen molar-refractivity contribution in [3.63, 3.8) is 0 Å². The monoisotopic (exact) mass is 233 g/mol. The van der Waals surface area contributed by atoms with Crippen molar-refractivity contribution in [1.29, 1.82) is 0 Å². The Morgan fingerprint density at radius 1 is 1.53 bits per heavy atom. The lowest BCUT2D eigenvalue weighted by molar-refractivity contribution is -0.138. The minimum absolute atomic E-state index is 0.399. The minimum Gasteiger partial charge on any atom is -0.480 e. The molecule has 1 atom stereocenters. The van der Waals surface area contributed by atoms with E-state index in [-0.39, 0.29) is 0 Å². The first-order valence-electron chi connectivity index (χ1n) is 5.50. The van der Waals surface area contributed by atoms with Gasteiger partial charge in [-0.15, -0.1) is 0 Å². The molecule has 2 aromatic rings. The molecule has 0 amide bonds. The summed E-state index contributed by atoms with van der Waals surface area (Å²) in [4.78, 5) is 15.1. The highest BCUT2D eigenvalue weighted by atomic mass is 16.4. The zero-order chi connectivity index (χ0) is 12.4. The van der Waals surface area contributed by atoms with Gasteiger partial charge in [0, 0.05) is 6.54 Å². The van der Waals surface area contributed by atoms with Crippen molar-refractivity contribution in [2.45, 2.75) is 25.9 Å². The summed E-state index contributed by atoms with van der Waals surface area (Å²) in [7, 11) is 0. The number of imidazole rings is 1. The number of aromatic nitrogens is 2. The standard InChI is InChI=1S/C12H15N3O2/c1-8-14-10-4-2-3-5-11(10)15(8)7-6-9(13)12(16)17/h2-5,9H,6-7,13H2,1H3,(H,16,17). The van der Waals surface area contributed by atoms with E-state index in [0.717, 1.165) is 16.9 Å². The molecule has 0 bridgehead atoms. The van der Waals surface area contributed by atoms with Gasteiger partial charge in [-0.3, -0.25) is 4.79 Å². The normalized spacial score (nSPS) is 12.8. The number of carboxylic acids is 1. The lowest BCUT2D eigenvalue weighted by Crippen LogP contribution is -2.31. The zero-order valence-electron chi connectivity index (χ0n) is 9.63. The van der Waals surface area contributed by atoms with Crippen molar-refractivity contribution in [3.8, 4) is 0 Å². The van der Waals surface area contributed by atoms with Crippen LogP contribution in [0.3, 0.4) is 0 Å². The van der Waals surface area contributed by atoms with Crippen LogP contribution in [-0.4, -0.2) is 26.7 Å². The van der Waals surface area contributed by atoms with Crippen LogP contribution in [0.15, 0.2) is 24.3 Å². The molecule has 0 saturated carbocycles. The smallest absolute Gasteiger partial charge is 0.320 e. The van der Waals surface area contributed by atoms with Crippen LogP contribution in [0.5, 0.6) is 0 Å². The molecule has 17 heavy (non-hydrogen) atoms. The van der Waals surface area contributed by atoms with Gasteiger partial charge in [0.05, 0.1) is 11.0 Å². The van der Waals surface area contributed by atoms with Crippen LogP contribution < -0.4 is 5.73 Å². The summed E-state index contributed by atoms with van der Waals surface area (Å²) >= 11 is 0. The van der Waals surface area contributed by atoms with Crippen molar-refractivity contribution >= 4 is 17.0 Å². The molecule has 0 aliphatic heterocycles. The Bertz CT molecular complexity index is 548. The molecule has 1 aromatic heterocycles. The van der Waals surface area contributed by atoms with Gasteiger partial charge in [-0.05, 0) is 25.5 Å². The molecular weight excluding hydrogens is 218 g/mol. The molecule has 90 valence electrons. The molecule has 0 aliphatic carbocycles. The lowest BCUT2D eigenvalue weighted by atomic mass is 10.2. The first kappa shape index (κ1) is 11.6. The van der Waals surface area contributed by atoms with E-state index in [2.05, 4.69) is 4.98 Å². The third-order valence-corrected chi connectivity index (χ3v) is 2.83. The van der Waals surface area contributed by atoms with E-state index in [9.17, 15) is 4.79 Å². The first-order chi connectivity index (χ1) is 8.09. The second kappa shape index (κ2) is 4.55. The van der Waals surface area contributed by atoms with E-state index in [1.807, 2.05) is 35.8 Å². The number of carboxylic acid groups (broad SMARTS) is 1. The molecule has 0 fully saturated rings. The van der Waals surface area contributed by atoms with E-state index in [4.69, 9.17) is 10.8 Å². The number of aliphatic carboxylic acids is 1. The molecule has 0 aliphatic rings. The Morgan fingerprint density at radius 2 is 2.24 bits per heavy atom.